The lowest BCUT2D eigenvalue weighted by molar-refractivity contribution is -0.162. The lowest BCUT2D eigenvalue weighted by atomic mass is 9.86. The van der Waals surface area contributed by atoms with Gasteiger partial charge in [0, 0.05) is 0 Å². The molecule has 0 aliphatic heterocycles. The van der Waals surface area contributed by atoms with Crippen molar-refractivity contribution in [1.82, 2.24) is 0 Å². The van der Waals surface area contributed by atoms with Gasteiger partial charge in [-0.1, -0.05) is 19.3 Å². The van der Waals surface area contributed by atoms with Crippen LogP contribution < -0.4 is 0 Å². The van der Waals surface area contributed by atoms with Gasteiger partial charge in [0.05, 0.1) is 12.5 Å². The van der Waals surface area contributed by atoms with Crippen molar-refractivity contribution < 1.29 is 23.9 Å². The van der Waals surface area contributed by atoms with E-state index in [-0.39, 0.29) is 11.8 Å². The van der Waals surface area contributed by atoms with Crippen molar-refractivity contribution in [3.63, 3.8) is 0 Å². The molecule has 0 spiro atoms. The van der Waals surface area contributed by atoms with Crippen LogP contribution in [0.3, 0.4) is 0 Å². The molecule has 0 saturated carbocycles. The molecule has 0 aromatic heterocycles. The second-order valence-electron chi connectivity index (χ2n) is 7.67. The number of ether oxygens (including phenoxy) is 2. The molecule has 134 valence electrons. The molecular weight excluding hydrogens is 296 g/mol. The van der Waals surface area contributed by atoms with Gasteiger partial charge >= 0.3 is 11.9 Å². The summed E-state index contributed by atoms with van der Waals surface area (Å²) in [5, 5.41) is 0. The Balaban J connectivity index is 4.29. The molecule has 0 rings (SSSR count). The third-order valence-electron chi connectivity index (χ3n) is 3.71. The van der Waals surface area contributed by atoms with E-state index in [1.54, 1.807) is 20.8 Å². The summed E-state index contributed by atoms with van der Waals surface area (Å²) in [4.78, 5) is 35.3. The monoisotopic (exact) mass is 328 g/mol. The molecule has 0 bridgehead atoms. The average molecular weight is 328 g/mol. The molecule has 0 radical (unpaired) electrons. The third-order valence-corrected chi connectivity index (χ3v) is 3.71. The Bertz CT molecular complexity index is 418. The Kier molecular flexibility index (Phi) is 8.49. The highest BCUT2D eigenvalue weighted by Crippen LogP contribution is 2.26. The summed E-state index contributed by atoms with van der Waals surface area (Å²) >= 11 is 0. The molecular formula is C18H32O5. The van der Waals surface area contributed by atoms with E-state index in [2.05, 4.69) is 0 Å². The lowest BCUT2D eigenvalue weighted by Crippen LogP contribution is -2.32. The standard InChI is InChI=1S/C18H32O5/c1-13(19)14(15(20)23-17(2,3)4)11-9-8-10-12-18(5,6)16(21)22-7/h14H,8-12H2,1-7H3. The molecule has 0 N–H and O–H groups in total. The molecule has 0 amide bonds. The second-order valence-corrected chi connectivity index (χ2v) is 7.67. The minimum absolute atomic E-state index is 0.158. The molecule has 0 fully saturated rings. The maximum absolute atomic E-state index is 12.0. The zero-order chi connectivity index (χ0) is 18.3. The molecule has 0 aliphatic rings. The van der Waals surface area contributed by atoms with Crippen molar-refractivity contribution in [2.45, 2.75) is 79.2 Å². The Morgan fingerprint density at radius 1 is 0.957 bits per heavy atom. The minimum Gasteiger partial charge on any atom is -0.469 e. The highest BCUT2D eigenvalue weighted by molar-refractivity contribution is 5.97. The molecule has 0 heterocycles. The van der Waals surface area contributed by atoms with Gasteiger partial charge in [0.25, 0.3) is 0 Å². The van der Waals surface area contributed by atoms with Gasteiger partial charge in [-0.25, -0.2) is 0 Å². The van der Waals surface area contributed by atoms with Gasteiger partial charge in [-0.3, -0.25) is 14.4 Å². The molecule has 0 aromatic rings. The van der Waals surface area contributed by atoms with Crippen LogP contribution in [0.2, 0.25) is 0 Å². The first-order valence-corrected chi connectivity index (χ1v) is 8.22. The average Bonchev–Trinajstić information content (AvgIpc) is 2.38. The van der Waals surface area contributed by atoms with Gasteiger partial charge in [0.2, 0.25) is 0 Å². The minimum atomic E-state index is -0.692. The van der Waals surface area contributed by atoms with Crippen LogP contribution in [0.4, 0.5) is 0 Å². The smallest absolute Gasteiger partial charge is 0.316 e. The normalized spacial score (nSPS) is 13.3. The van der Waals surface area contributed by atoms with E-state index in [9.17, 15) is 14.4 Å². The number of ketones is 1. The molecule has 0 saturated heterocycles. The maximum atomic E-state index is 12.0. The lowest BCUT2D eigenvalue weighted by Gasteiger charge is -2.23. The van der Waals surface area contributed by atoms with Crippen molar-refractivity contribution in [2.24, 2.45) is 11.3 Å². The summed E-state index contributed by atoms with van der Waals surface area (Å²) in [5.41, 5.74) is -1.09. The van der Waals surface area contributed by atoms with Crippen LogP contribution >= 0.6 is 0 Å². The van der Waals surface area contributed by atoms with Gasteiger partial charge in [-0.15, -0.1) is 0 Å². The summed E-state index contributed by atoms with van der Waals surface area (Å²) in [7, 11) is 1.39. The van der Waals surface area contributed by atoms with Crippen molar-refractivity contribution >= 4 is 17.7 Å². The maximum Gasteiger partial charge on any atom is 0.316 e. The number of rotatable bonds is 9. The molecule has 5 heteroatoms. The highest BCUT2D eigenvalue weighted by Gasteiger charge is 2.29. The summed E-state index contributed by atoms with van der Waals surface area (Å²) in [5.74, 6) is -1.51. The van der Waals surface area contributed by atoms with Crippen LogP contribution in [0.15, 0.2) is 0 Å². The fraction of sp³-hybridized carbons (Fsp3) is 0.833. The second kappa shape index (κ2) is 9.04. The number of hydrogen-bond donors (Lipinski definition) is 0. The van der Waals surface area contributed by atoms with Crippen LogP contribution in [-0.4, -0.2) is 30.4 Å². The fourth-order valence-electron chi connectivity index (χ4n) is 2.33. The largest absolute Gasteiger partial charge is 0.469 e. The first-order chi connectivity index (χ1) is 10.4. The summed E-state index contributed by atoms with van der Waals surface area (Å²) in [6.45, 7) is 10.5. The Morgan fingerprint density at radius 3 is 1.96 bits per heavy atom. The van der Waals surface area contributed by atoms with E-state index in [4.69, 9.17) is 9.47 Å². The Labute approximate surface area is 140 Å². The van der Waals surface area contributed by atoms with E-state index >= 15 is 0 Å². The summed E-state index contributed by atoms with van der Waals surface area (Å²) in [6, 6.07) is 0. The van der Waals surface area contributed by atoms with Crippen LogP contribution in [-0.2, 0) is 23.9 Å². The molecule has 0 aromatic carbocycles. The molecule has 23 heavy (non-hydrogen) atoms. The zero-order valence-corrected chi connectivity index (χ0v) is 15.7. The van der Waals surface area contributed by atoms with Crippen LogP contribution in [0, 0.1) is 11.3 Å². The third kappa shape index (κ3) is 8.72. The Morgan fingerprint density at radius 2 is 1.52 bits per heavy atom. The number of hydrogen-bond acceptors (Lipinski definition) is 5. The number of methoxy groups -OCH3 is 1. The summed E-state index contributed by atoms with van der Waals surface area (Å²) < 4.78 is 10.1. The SMILES string of the molecule is COC(=O)C(C)(C)CCCCCC(C(C)=O)C(=O)OC(C)(C)C. The molecule has 5 nitrogen and oxygen atoms in total. The van der Waals surface area contributed by atoms with Crippen LogP contribution in [0.5, 0.6) is 0 Å². The van der Waals surface area contributed by atoms with E-state index < -0.39 is 22.9 Å². The van der Waals surface area contributed by atoms with Crippen molar-refractivity contribution in [3.05, 3.63) is 0 Å². The molecule has 1 atom stereocenters. The van der Waals surface area contributed by atoms with Crippen LogP contribution in [0.25, 0.3) is 0 Å². The van der Waals surface area contributed by atoms with Crippen molar-refractivity contribution in [3.8, 4) is 0 Å². The number of Topliss-reactive ketones (excluding diaryl/α,β-unsaturated/α-hetero) is 1. The van der Waals surface area contributed by atoms with E-state index in [1.807, 2.05) is 13.8 Å². The summed E-state index contributed by atoms with van der Waals surface area (Å²) in [6.07, 6.45) is 3.66. The number of unbranched alkanes of at least 4 members (excludes halogenated alkanes) is 2. The predicted molar refractivity (Wildman–Crippen MR) is 88.9 cm³/mol. The van der Waals surface area contributed by atoms with E-state index in [0.717, 1.165) is 25.7 Å². The fourth-order valence-corrected chi connectivity index (χ4v) is 2.33. The van der Waals surface area contributed by atoms with Gasteiger partial charge in [0.15, 0.2) is 0 Å². The quantitative estimate of drug-likeness (QED) is 0.367. The van der Waals surface area contributed by atoms with Gasteiger partial charge in [-0.2, -0.15) is 0 Å². The van der Waals surface area contributed by atoms with Crippen molar-refractivity contribution in [2.75, 3.05) is 7.11 Å². The van der Waals surface area contributed by atoms with E-state index in [0.29, 0.717) is 6.42 Å². The van der Waals surface area contributed by atoms with Gasteiger partial charge < -0.3 is 9.47 Å². The van der Waals surface area contributed by atoms with Crippen LogP contribution in [0.1, 0.15) is 73.6 Å². The molecule has 1 unspecified atom stereocenters. The number of esters is 2. The zero-order valence-electron chi connectivity index (χ0n) is 15.7. The predicted octanol–water partition coefficient (Wildman–Crippen LogP) is 3.68. The van der Waals surface area contributed by atoms with E-state index in [1.165, 1.54) is 14.0 Å². The topological polar surface area (TPSA) is 69.7 Å². The first-order valence-electron chi connectivity index (χ1n) is 8.22. The number of carbonyl (C=O) groups is 3. The highest BCUT2D eigenvalue weighted by atomic mass is 16.6. The number of carbonyl (C=O) groups excluding carboxylic acids is 3. The van der Waals surface area contributed by atoms with Gasteiger partial charge in [-0.05, 0) is 54.4 Å². The first kappa shape index (κ1) is 21.6. The van der Waals surface area contributed by atoms with Crippen molar-refractivity contribution in [1.29, 1.82) is 0 Å². The Hall–Kier alpha value is -1.39. The van der Waals surface area contributed by atoms with Gasteiger partial charge in [0.1, 0.15) is 17.3 Å². The molecule has 0 aliphatic carbocycles.